The summed E-state index contributed by atoms with van der Waals surface area (Å²) in [6.07, 6.45) is 2.97. The van der Waals surface area contributed by atoms with Crippen molar-refractivity contribution in [3.05, 3.63) is 54.4 Å². The Kier molecular flexibility index (Phi) is 4.14. The topological polar surface area (TPSA) is 51.2 Å². The molecule has 1 aromatic carbocycles. The zero-order valence-corrected chi connectivity index (χ0v) is 10.8. The molecule has 0 aliphatic carbocycles. The number of pyridine rings is 1. The second-order valence-electron chi connectivity index (χ2n) is 3.77. The van der Waals surface area contributed by atoms with E-state index in [9.17, 15) is 13.6 Å². The molecule has 2 rings (SSSR count). The first kappa shape index (κ1) is 14.2. The van der Waals surface area contributed by atoms with Crippen molar-refractivity contribution in [2.24, 2.45) is 0 Å². The van der Waals surface area contributed by atoms with Crippen LogP contribution < -0.4 is 10.1 Å². The van der Waals surface area contributed by atoms with Crippen molar-refractivity contribution in [3.63, 3.8) is 0 Å². The van der Waals surface area contributed by atoms with Crippen LogP contribution in [0.5, 0.6) is 5.75 Å². The predicted molar refractivity (Wildman–Crippen MR) is 70.1 cm³/mol. The van der Waals surface area contributed by atoms with Gasteiger partial charge in [0.05, 0.1) is 5.56 Å². The minimum atomic E-state index is -3.76. The maximum Gasteiger partial charge on any atom is 0.487 e. The summed E-state index contributed by atoms with van der Waals surface area (Å²) in [6, 6.07) is 8.63. The van der Waals surface area contributed by atoms with E-state index in [2.05, 4.69) is 26.6 Å². The summed E-state index contributed by atoms with van der Waals surface area (Å²) in [6.45, 7) is 0. The number of nitrogens with one attached hydrogen (secondary N) is 1. The van der Waals surface area contributed by atoms with E-state index in [4.69, 9.17) is 0 Å². The Labute approximate surface area is 118 Å². The normalized spacial score (nSPS) is 10.9. The summed E-state index contributed by atoms with van der Waals surface area (Å²) < 4.78 is 29.0. The van der Waals surface area contributed by atoms with Crippen molar-refractivity contribution in [2.45, 2.75) is 5.57 Å². The average molecular weight is 299 g/mol. The van der Waals surface area contributed by atoms with Gasteiger partial charge in [-0.2, -0.15) is 0 Å². The van der Waals surface area contributed by atoms with E-state index in [0.29, 0.717) is 11.3 Å². The van der Waals surface area contributed by atoms with Gasteiger partial charge in [-0.1, -0.05) is 0 Å². The molecular weight excluding hydrogens is 290 g/mol. The van der Waals surface area contributed by atoms with Gasteiger partial charge in [-0.15, -0.1) is 8.78 Å². The maximum absolute atomic E-state index is 12.4. The average Bonchev–Trinajstić information content (AvgIpc) is 2.40. The van der Waals surface area contributed by atoms with Crippen LogP contribution in [0.2, 0.25) is 0 Å². The first-order valence-corrected chi connectivity index (χ1v) is 5.89. The molecular formula is C13H9ClF2N2O2. The van der Waals surface area contributed by atoms with Gasteiger partial charge in [-0.05, 0) is 36.4 Å². The molecule has 1 N–H and O–H groups in total. The molecule has 104 valence electrons. The second kappa shape index (κ2) is 5.83. The van der Waals surface area contributed by atoms with Crippen LogP contribution in [-0.4, -0.2) is 16.5 Å². The first-order valence-electron chi connectivity index (χ1n) is 5.51. The molecule has 0 radical (unpaired) electrons. The van der Waals surface area contributed by atoms with Gasteiger partial charge in [-0.25, -0.2) is 0 Å². The zero-order chi connectivity index (χ0) is 14.6. The Balaban J connectivity index is 2.02. The molecule has 2 aromatic rings. The molecule has 4 nitrogen and oxygen atoms in total. The molecule has 7 heteroatoms. The van der Waals surface area contributed by atoms with Crippen molar-refractivity contribution in [2.75, 3.05) is 5.32 Å². The van der Waals surface area contributed by atoms with Crippen molar-refractivity contribution < 1.29 is 18.3 Å². The number of benzene rings is 1. The lowest BCUT2D eigenvalue weighted by Gasteiger charge is -2.11. The number of aromatic nitrogens is 1. The maximum atomic E-state index is 12.4. The Morgan fingerprint density at radius 3 is 2.50 bits per heavy atom. The fraction of sp³-hybridized carbons (Fsp3) is 0.0769. The fourth-order valence-electron chi connectivity index (χ4n) is 1.44. The molecule has 0 unspecified atom stereocenters. The number of amides is 1. The lowest BCUT2D eigenvalue weighted by molar-refractivity contribution is -0.0964. The lowest BCUT2D eigenvalue weighted by atomic mass is 10.2. The van der Waals surface area contributed by atoms with Crippen LogP contribution in [0.15, 0.2) is 48.8 Å². The number of rotatable bonds is 4. The molecule has 0 fully saturated rings. The molecule has 0 aliphatic heterocycles. The largest absolute Gasteiger partial charge is 0.487 e. The van der Waals surface area contributed by atoms with Crippen molar-refractivity contribution in [3.8, 4) is 5.75 Å². The summed E-state index contributed by atoms with van der Waals surface area (Å²) in [5, 5.41) is 2.59. The fourth-order valence-corrected chi connectivity index (χ4v) is 1.53. The third-order valence-electron chi connectivity index (χ3n) is 2.27. The highest BCUT2D eigenvalue weighted by atomic mass is 35.5. The summed E-state index contributed by atoms with van der Waals surface area (Å²) in [7, 11) is 0. The number of alkyl halides is 3. The number of nitrogens with zero attached hydrogens (tertiary/aromatic N) is 1. The van der Waals surface area contributed by atoms with Crippen molar-refractivity contribution in [1.29, 1.82) is 0 Å². The summed E-state index contributed by atoms with van der Waals surface area (Å²) in [5.41, 5.74) is -2.94. The van der Waals surface area contributed by atoms with Crippen LogP contribution in [0.1, 0.15) is 10.4 Å². The second-order valence-corrected chi connectivity index (χ2v) is 4.21. The molecule has 0 spiro atoms. The number of carbonyl (C=O) groups is 1. The number of anilines is 1. The minimum Gasteiger partial charge on any atom is -0.420 e. The van der Waals surface area contributed by atoms with E-state index in [-0.39, 0.29) is 11.7 Å². The van der Waals surface area contributed by atoms with E-state index >= 15 is 0 Å². The molecule has 1 heterocycles. The molecule has 0 bridgehead atoms. The summed E-state index contributed by atoms with van der Waals surface area (Å²) >= 11 is 4.64. The van der Waals surface area contributed by atoms with Gasteiger partial charge in [0.15, 0.2) is 0 Å². The molecule has 0 atom stereocenters. The summed E-state index contributed by atoms with van der Waals surface area (Å²) in [5.74, 6) is -0.459. The monoisotopic (exact) mass is 298 g/mol. The predicted octanol–water partition coefficient (Wildman–Crippen LogP) is 3.50. The smallest absolute Gasteiger partial charge is 0.420 e. The van der Waals surface area contributed by atoms with Gasteiger partial charge < -0.3 is 10.1 Å². The molecule has 0 saturated carbocycles. The Hall–Kier alpha value is -2.21. The highest BCUT2D eigenvalue weighted by Crippen LogP contribution is 2.25. The van der Waals surface area contributed by atoms with Crippen LogP contribution >= 0.6 is 11.6 Å². The number of ether oxygens (including phenoxy) is 1. The van der Waals surface area contributed by atoms with E-state index < -0.39 is 5.57 Å². The van der Waals surface area contributed by atoms with E-state index in [0.717, 1.165) is 0 Å². The molecule has 0 saturated heterocycles. The highest BCUT2D eigenvalue weighted by Gasteiger charge is 2.27. The van der Waals surface area contributed by atoms with Gasteiger partial charge in [-0.3, -0.25) is 9.78 Å². The third-order valence-corrected chi connectivity index (χ3v) is 2.35. The SMILES string of the molecule is O=C(Nc1ccc(OC(F)(F)Cl)cc1)c1cccnc1. The minimum absolute atomic E-state index is 0.107. The Bertz CT molecular complexity index is 586. The number of halogens is 3. The van der Waals surface area contributed by atoms with Crippen LogP contribution in [0.4, 0.5) is 14.5 Å². The van der Waals surface area contributed by atoms with Crippen molar-refractivity contribution in [1.82, 2.24) is 4.98 Å². The van der Waals surface area contributed by atoms with Crippen LogP contribution in [-0.2, 0) is 0 Å². The Morgan fingerprint density at radius 1 is 1.25 bits per heavy atom. The van der Waals surface area contributed by atoms with Gasteiger partial charge >= 0.3 is 5.57 Å². The first-order chi connectivity index (χ1) is 9.44. The van der Waals surface area contributed by atoms with Crippen LogP contribution in [0.3, 0.4) is 0 Å². The van der Waals surface area contributed by atoms with E-state index in [1.54, 1.807) is 18.3 Å². The lowest BCUT2D eigenvalue weighted by Crippen LogP contribution is -2.15. The molecule has 1 aromatic heterocycles. The van der Waals surface area contributed by atoms with E-state index in [1.807, 2.05) is 0 Å². The van der Waals surface area contributed by atoms with Gasteiger partial charge in [0.2, 0.25) is 0 Å². The standard InChI is InChI=1S/C13H9ClF2N2O2/c14-13(15,16)20-11-5-3-10(4-6-11)18-12(19)9-2-1-7-17-8-9/h1-8H,(H,18,19). The van der Waals surface area contributed by atoms with Crippen molar-refractivity contribution >= 4 is 23.2 Å². The van der Waals surface area contributed by atoms with Crippen LogP contribution in [0.25, 0.3) is 0 Å². The number of hydrogen-bond acceptors (Lipinski definition) is 3. The Morgan fingerprint density at radius 2 is 1.95 bits per heavy atom. The van der Waals surface area contributed by atoms with Gasteiger partial charge in [0.25, 0.3) is 5.91 Å². The number of carbonyl (C=O) groups excluding carboxylic acids is 1. The summed E-state index contributed by atoms with van der Waals surface area (Å²) in [4.78, 5) is 15.6. The van der Waals surface area contributed by atoms with Gasteiger partial charge in [0.1, 0.15) is 5.75 Å². The zero-order valence-electron chi connectivity index (χ0n) is 10.0. The molecule has 0 aliphatic rings. The quantitative estimate of drug-likeness (QED) is 0.879. The third kappa shape index (κ3) is 4.17. The highest BCUT2D eigenvalue weighted by molar-refractivity contribution is 6.20. The van der Waals surface area contributed by atoms with E-state index in [1.165, 1.54) is 30.5 Å². The molecule has 20 heavy (non-hydrogen) atoms. The number of hydrogen-bond donors (Lipinski definition) is 1. The van der Waals surface area contributed by atoms with Crippen LogP contribution in [0, 0.1) is 0 Å². The van der Waals surface area contributed by atoms with Gasteiger partial charge in [0, 0.05) is 29.7 Å². The molecule has 1 amide bonds.